The first-order valence-corrected chi connectivity index (χ1v) is 11.3. The second kappa shape index (κ2) is 7.28. The molecule has 6 nitrogen and oxygen atoms in total. The molecule has 0 radical (unpaired) electrons. The quantitative estimate of drug-likeness (QED) is 0.303. The van der Waals surface area contributed by atoms with Crippen molar-refractivity contribution in [2.45, 2.75) is 76.9 Å². The van der Waals surface area contributed by atoms with Gasteiger partial charge in [-0.25, -0.2) is 4.79 Å². The van der Waals surface area contributed by atoms with Gasteiger partial charge in [-0.1, -0.05) is 20.8 Å². The Morgan fingerprint density at radius 1 is 1.24 bits per heavy atom. The summed E-state index contributed by atoms with van der Waals surface area (Å²) >= 11 is 0. The smallest absolute Gasteiger partial charge is 0.396 e. The van der Waals surface area contributed by atoms with Gasteiger partial charge in [0.25, 0.3) is 5.79 Å². The van der Waals surface area contributed by atoms with Crippen molar-refractivity contribution in [1.82, 2.24) is 5.32 Å². The Morgan fingerprint density at radius 2 is 1.76 bits per heavy atom. The van der Waals surface area contributed by atoms with Crippen molar-refractivity contribution in [2.75, 3.05) is 13.2 Å². The Bertz CT molecular complexity index is 513. The maximum atomic E-state index is 15.2. The van der Waals surface area contributed by atoms with E-state index in [1.54, 1.807) is 13.1 Å². The molecule has 25 heavy (non-hydrogen) atoms. The van der Waals surface area contributed by atoms with E-state index in [9.17, 15) is 9.59 Å². The molecule has 1 saturated heterocycles. The zero-order valence-corrected chi connectivity index (χ0v) is 17.0. The molecule has 146 valence electrons. The molecule has 0 bridgehead atoms. The first-order chi connectivity index (χ1) is 11.2. The SMILES string of the molecule is CCOC(=O)C(F)(F)[C@](OCC)(O[Si](C)(C)C(C)(C)C)[C@@H]1CC(=O)N1. The summed E-state index contributed by atoms with van der Waals surface area (Å²) in [6.07, 6.45) is -0.205. The van der Waals surface area contributed by atoms with E-state index in [1.165, 1.54) is 13.8 Å². The number of ether oxygens (including phenoxy) is 2. The standard InChI is InChI=1S/C16H29F2NO5Si/c1-8-22-13(21)15(17,18)16(23-9-2,11-10-12(20)19-11)24-25(6,7)14(3,4)5/h11H,8-10H2,1-7H3,(H,19,20)/t11-,16+/m0/s1. The summed E-state index contributed by atoms with van der Waals surface area (Å²) in [5, 5.41) is 1.98. The molecule has 1 aliphatic rings. The van der Waals surface area contributed by atoms with Crippen LogP contribution in [0.3, 0.4) is 0 Å². The summed E-state index contributed by atoms with van der Waals surface area (Å²) in [7, 11) is -2.79. The van der Waals surface area contributed by atoms with E-state index >= 15 is 8.78 Å². The van der Waals surface area contributed by atoms with Crippen LogP contribution in [-0.4, -0.2) is 51.2 Å². The van der Waals surface area contributed by atoms with E-state index in [-0.39, 0.29) is 19.6 Å². The molecular formula is C16H29F2NO5Si. The van der Waals surface area contributed by atoms with Gasteiger partial charge in [-0.2, -0.15) is 8.78 Å². The lowest BCUT2D eigenvalue weighted by molar-refractivity contribution is -0.318. The highest BCUT2D eigenvalue weighted by molar-refractivity contribution is 6.74. The second-order valence-electron chi connectivity index (χ2n) is 7.58. The van der Waals surface area contributed by atoms with Crippen LogP contribution in [0.2, 0.25) is 18.1 Å². The van der Waals surface area contributed by atoms with Gasteiger partial charge >= 0.3 is 11.9 Å². The third kappa shape index (κ3) is 4.03. The summed E-state index contributed by atoms with van der Waals surface area (Å²) in [4.78, 5) is 23.4. The Labute approximate surface area is 148 Å². The van der Waals surface area contributed by atoms with Crippen LogP contribution in [0.25, 0.3) is 0 Å². The minimum atomic E-state index is -4.08. The van der Waals surface area contributed by atoms with Crippen LogP contribution in [0.5, 0.6) is 0 Å². The largest absolute Gasteiger partial charge is 0.461 e. The van der Waals surface area contributed by atoms with Crippen LogP contribution >= 0.6 is 0 Å². The number of hydrogen-bond acceptors (Lipinski definition) is 5. The number of nitrogens with one attached hydrogen (secondary N) is 1. The van der Waals surface area contributed by atoms with Crippen LogP contribution < -0.4 is 5.32 Å². The molecule has 0 spiro atoms. The van der Waals surface area contributed by atoms with Crippen molar-refractivity contribution >= 4 is 20.2 Å². The maximum Gasteiger partial charge on any atom is 0.396 e. The number of esters is 1. The monoisotopic (exact) mass is 381 g/mol. The van der Waals surface area contributed by atoms with Crippen LogP contribution in [0.1, 0.15) is 41.0 Å². The zero-order valence-electron chi connectivity index (χ0n) is 16.0. The third-order valence-corrected chi connectivity index (χ3v) is 9.15. The molecule has 1 amide bonds. The highest BCUT2D eigenvalue weighted by Crippen LogP contribution is 2.47. The highest BCUT2D eigenvalue weighted by atomic mass is 28.4. The van der Waals surface area contributed by atoms with Gasteiger partial charge in [-0.05, 0) is 32.0 Å². The van der Waals surface area contributed by atoms with E-state index in [4.69, 9.17) is 9.16 Å². The van der Waals surface area contributed by atoms with Crippen LogP contribution in [0, 0.1) is 0 Å². The number of hydrogen-bond donors (Lipinski definition) is 1. The summed E-state index contributed by atoms with van der Waals surface area (Å²) in [6, 6.07) is -1.13. The van der Waals surface area contributed by atoms with E-state index in [0.29, 0.717) is 0 Å². The van der Waals surface area contributed by atoms with Crippen molar-refractivity contribution < 1.29 is 32.3 Å². The lowest BCUT2D eigenvalue weighted by Crippen LogP contribution is -2.75. The van der Waals surface area contributed by atoms with Gasteiger partial charge < -0.3 is 19.2 Å². The molecular weight excluding hydrogens is 352 g/mol. The zero-order chi connectivity index (χ0) is 19.7. The normalized spacial score (nSPS) is 21.2. The highest BCUT2D eigenvalue weighted by Gasteiger charge is 2.70. The molecule has 0 unspecified atom stereocenters. The second-order valence-corrected chi connectivity index (χ2v) is 12.3. The molecule has 1 rings (SSSR count). The summed E-state index contributed by atoms with van der Waals surface area (Å²) in [5.74, 6) is -8.78. The van der Waals surface area contributed by atoms with Crippen molar-refractivity contribution in [2.24, 2.45) is 0 Å². The summed E-state index contributed by atoms with van der Waals surface area (Å²) in [6.45, 7) is 11.9. The number of rotatable bonds is 8. The molecule has 0 saturated carbocycles. The number of alkyl halides is 2. The predicted molar refractivity (Wildman–Crippen MR) is 90.8 cm³/mol. The molecule has 0 aromatic rings. The Balaban J connectivity index is 3.42. The molecule has 0 aliphatic carbocycles. The fourth-order valence-corrected chi connectivity index (χ4v) is 3.67. The molecule has 1 heterocycles. The minimum absolute atomic E-state index is 0.115. The van der Waals surface area contributed by atoms with E-state index < -0.39 is 43.0 Å². The fraction of sp³-hybridized carbons (Fsp3) is 0.875. The molecule has 1 aliphatic heterocycles. The third-order valence-electron chi connectivity index (χ3n) is 4.72. The van der Waals surface area contributed by atoms with Crippen molar-refractivity contribution in [3.05, 3.63) is 0 Å². The number of β-lactam (4-membered cyclic amide) rings is 1. The number of carbonyl (C=O) groups excluding carboxylic acids is 2. The average molecular weight is 381 g/mol. The van der Waals surface area contributed by atoms with Crippen molar-refractivity contribution in [3.8, 4) is 0 Å². The predicted octanol–water partition coefficient (Wildman–Crippen LogP) is 2.83. The van der Waals surface area contributed by atoms with E-state index in [2.05, 4.69) is 10.1 Å². The van der Waals surface area contributed by atoms with Gasteiger partial charge in [0.15, 0.2) is 8.32 Å². The summed E-state index contributed by atoms with van der Waals surface area (Å²) in [5.41, 5.74) is 0. The van der Waals surface area contributed by atoms with Crippen LogP contribution in [0.15, 0.2) is 0 Å². The van der Waals surface area contributed by atoms with Crippen molar-refractivity contribution in [1.29, 1.82) is 0 Å². The summed E-state index contributed by atoms with van der Waals surface area (Å²) < 4.78 is 46.3. The first-order valence-electron chi connectivity index (χ1n) is 8.43. The molecule has 1 fully saturated rings. The molecule has 1 N–H and O–H groups in total. The fourth-order valence-electron chi connectivity index (χ4n) is 2.27. The van der Waals surface area contributed by atoms with Gasteiger partial charge in [-0.3, -0.25) is 4.79 Å². The molecule has 0 aromatic carbocycles. The van der Waals surface area contributed by atoms with Gasteiger partial charge in [0.2, 0.25) is 5.91 Å². The Hall–Kier alpha value is -1.06. The molecule has 0 aromatic heterocycles. The van der Waals surface area contributed by atoms with Crippen LogP contribution in [-0.2, 0) is 23.5 Å². The Kier molecular flexibility index (Phi) is 6.40. The van der Waals surface area contributed by atoms with Crippen molar-refractivity contribution in [3.63, 3.8) is 0 Å². The van der Waals surface area contributed by atoms with Gasteiger partial charge in [-0.15, -0.1) is 0 Å². The topological polar surface area (TPSA) is 73.9 Å². The van der Waals surface area contributed by atoms with E-state index in [0.717, 1.165) is 0 Å². The Morgan fingerprint density at radius 3 is 2.12 bits per heavy atom. The first kappa shape index (κ1) is 22.0. The van der Waals surface area contributed by atoms with Gasteiger partial charge in [0.1, 0.15) is 0 Å². The van der Waals surface area contributed by atoms with Crippen LogP contribution in [0.4, 0.5) is 8.78 Å². The average Bonchev–Trinajstić information content (AvgIpc) is 2.42. The number of halogens is 2. The lowest BCUT2D eigenvalue weighted by atomic mass is 9.91. The van der Waals surface area contributed by atoms with Gasteiger partial charge in [0.05, 0.1) is 19.1 Å². The minimum Gasteiger partial charge on any atom is -0.461 e. The number of carbonyl (C=O) groups is 2. The molecule has 9 heteroatoms. The van der Waals surface area contributed by atoms with E-state index in [1.807, 2.05) is 20.8 Å². The molecule has 2 atom stereocenters. The van der Waals surface area contributed by atoms with Gasteiger partial charge in [0, 0.05) is 6.61 Å². The number of amides is 1. The lowest BCUT2D eigenvalue weighted by Gasteiger charge is -2.52. The maximum absolute atomic E-state index is 15.2.